The Morgan fingerprint density at radius 2 is 1.07 bits per heavy atom. The number of rotatable bonds is 41. The number of hydrogen-bond acceptors (Lipinski definition) is 17. The number of carbonyl (C=O) groups excluding carboxylic acids is 8. The monoisotopic (exact) mass is 1450 g/mol. The lowest BCUT2D eigenvalue weighted by atomic mass is 9.77. The molecule has 19 atom stereocenters. The lowest BCUT2D eigenvalue weighted by Crippen LogP contribution is -2.59. The van der Waals surface area contributed by atoms with Gasteiger partial charge < -0.3 is 79.9 Å². The van der Waals surface area contributed by atoms with E-state index in [-0.39, 0.29) is 109 Å². The molecule has 27 heteroatoms. The summed E-state index contributed by atoms with van der Waals surface area (Å²) >= 11 is 0. The predicted molar refractivity (Wildman–Crippen MR) is 398 cm³/mol. The molecule has 0 bridgehead atoms. The zero-order chi connectivity index (χ0) is 77.8. The first-order valence-electron chi connectivity index (χ1n) is 37.6. The van der Waals surface area contributed by atoms with Gasteiger partial charge in [0.2, 0.25) is 47.3 Å². The second-order valence-corrected chi connectivity index (χ2v) is 31.0. The van der Waals surface area contributed by atoms with Gasteiger partial charge in [-0.05, 0) is 106 Å². The molecule has 3 saturated heterocycles. The lowest BCUT2D eigenvalue weighted by molar-refractivity contribution is -0.149. The number of methoxy groups -OCH3 is 4. The number of ether oxygens (including phenoxy) is 4. The molecule has 3 fully saturated rings. The van der Waals surface area contributed by atoms with Crippen molar-refractivity contribution in [2.75, 3.05) is 83.3 Å². The number of benzene rings is 1. The highest BCUT2D eigenvalue weighted by Gasteiger charge is 2.49. The number of likely N-dealkylation sites (N-methyl/N-ethyl adjacent to an activating group) is 4. The van der Waals surface area contributed by atoms with E-state index in [9.17, 15) is 53.5 Å². The summed E-state index contributed by atoms with van der Waals surface area (Å²) in [5.74, 6) is -7.32. The summed E-state index contributed by atoms with van der Waals surface area (Å²) in [7, 11) is 13.0. The second-order valence-electron chi connectivity index (χ2n) is 31.0. The molecule has 103 heavy (non-hydrogen) atoms. The minimum absolute atomic E-state index is 0.0135. The Morgan fingerprint density at radius 1 is 0.592 bits per heavy atom. The molecule has 19 unspecified atom stereocenters. The van der Waals surface area contributed by atoms with Crippen LogP contribution in [0.5, 0.6) is 0 Å². The van der Waals surface area contributed by atoms with Crippen LogP contribution in [0.1, 0.15) is 172 Å². The van der Waals surface area contributed by atoms with Crippen molar-refractivity contribution >= 4 is 60.3 Å². The van der Waals surface area contributed by atoms with E-state index in [1.165, 1.54) is 39.4 Å². The lowest BCUT2D eigenvalue weighted by Gasteiger charge is -2.41. The van der Waals surface area contributed by atoms with Crippen LogP contribution in [0.25, 0.3) is 0 Å². The largest absolute Gasteiger partial charge is 0.478 e. The third-order valence-electron chi connectivity index (χ3n) is 22.3. The quantitative estimate of drug-likeness (QED) is 0.0335. The van der Waals surface area contributed by atoms with Gasteiger partial charge in [0.15, 0.2) is 0 Å². The van der Waals surface area contributed by atoms with Crippen molar-refractivity contribution < 1.29 is 77.3 Å². The number of aliphatic carboxylic acids is 1. The molecule has 0 saturated carbocycles. The Balaban J connectivity index is 1.63. The number of carboxylic acids is 1. The molecule has 0 aromatic heterocycles. The molecule has 0 aliphatic carbocycles. The zero-order valence-electron chi connectivity index (χ0n) is 66.3. The van der Waals surface area contributed by atoms with Gasteiger partial charge in [-0.15, -0.1) is 0 Å². The van der Waals surface area contributed by atoms with Crippen LogP contribution in [0.15, 0.2) is 36.4 Å². The Hall–Kier alpha value is -6.07. The summed E-state index contributed by atoms with van der Waals surface area (Å²) in [6.07, 6.45) is 3.00. The van der Waals surface area contributed by atoms with Gasteiger partial charge in [0.1, 0.15) is 12.1 Å². The zero-order valence-corrected chi connectivity index (χ0v) is 66.3. The van der Waals surface area contributed by atoms with E-state index < -0.39 is 116 Å². The molecular formula is C76H131BN10O16. The standard InChI is InChI=1S/C76H131BN10O16/c1-24-47(11)67(84(19)76(97)65(45(7)8)81-73(94)66(46(9)10)82(16)17)57(100-20)40-60(88)85-36-26-28-55(85)69(102-22)49(13)71(92)79-54(34-35-62(90)91)38-51-30-32-52(33-31-51)53-39-56(70(103-23)50(14)74(95)86-37-27-29-59(86)77(98)99)87(42-53)61(89)41-58(101-21)68(48(12)25-2)83(18)75(96)64(44(5)6)80-72(93)63(78-15)43(3)4/h30-35,43-50,53-59,63-70,78,98-99H,24-29,36-42H2,1-23H3,(H,79,92)(H,80,93)(H,81,94)(H,90,91). The Labute approximate surface area is 615 Å². The van der Waals surface area contributed by atoms with Crippen molar-refractivity contribution in [2.24, 2.45) is 47.3 Å². The van der Waals surface area contributed by atoms with Gasteiger partial charge in [-0.25, -0.2) is 4.79 Å². The number of amides is 8. The maximum Gasteiger partial charge on any atom is 0.475 e. The first-order chi connectivity index (χ1) is 48.4. The van der Waals surface area contributed by atoms with Gasteiger partial charge in [-0.2, -0.15) is 0 Å². The number of nitrogens with zero attached hydrogens (tertiary/aromatic N) is 6. The summed E-state index contributed by atoms with van der Waals surface area (Å²) in [5.41, 5.74) is 1.60. The molecule has 584 valence electrons. The van der Waals surface area contributed by atoms with Crippen LogP contribution >= 0.6 is 0 Å². The minimum atomic E-state index is -1.74. The average molecular weight is 1450 g/mol. The van der Waals surface area contributed by atoms with Crippen molar-refractivity contribution in [3.05, 3.63) is 47.5 Å². The van der Waals surface area contributed by atoms with E-state index in [1.807, 2.05) is 126 Å². The van der Waals surface area contributed by atoms with Crippen molar-refractivity contribution in [1.82, 2.24) is 50.7 Å². The number of carboxylic acid groups (broad SMARTS) is 1. The summed E-state index contributed by atoms with van der Waals surface area (Å²) in [6, 6.07) is 1.76. The highest BCUT2D eigenvalue weighted by Crippen LogP contribution is 2.39. The average Bonchev–Trinajstić information content (AvgIpc) is 1.65. The SMILES string of the molecule is CCC(C)C(C(CC(=O)N1CC(c2ccc(CC(C=CC(=O)O)NC(=O)C(C)C(OC)C3CCCN3C(=O)CC(OC)C(C(C)CC)N(C)C(=O)C(NC(=O)C(C(C)C)N(C)C)C(C)C)cc2)CC1C(OC)C(C)C(=O)N1CCCC1B(O)O)OC)N(C)C(=O)C(NC(=O)C(NC)C(C)C)C(C)C. The molecule has 7 N–H and O–H groups in total. The number of hydrogen-bond donors (Lipinski definition) is 7. The summed E-state index contributed by atoms with van der Waals surface area (Å²) < 4.78 is 24.7. The maximum absolute atomic E-state index is 15.3. The third kappa shape index (κ3) is 23.2. The molecule has 3 heterocycles. The Bertz CT molecular complexity index is 2930. The molecule has 0 radical (unpaired) electrons. The molecule has 3 aliphatic rings. The molecule has 3 aliphatic heterocycles. The highest BCUT2D eigenvalue weighted by molar-refractivity contribution is 6.43. The van der Waals surface area contributed by atoms with Gasteiger partial charge in [-0.1, -0.05) is 140 Å². The maximum atomic E-state index is 15.3. The van der Waals surface area contributed by atoms with Gasteiger partial charge in [0.25, 0.3) is 0 Å². The van der Waals surface area contributed by atoms with Crippen LogP contribution in [0.2, 0.25) is 0 Å². The van der Waals surface area contributed by atoms with Crippen LogP contribution in [-0.4, -0.2) is 273 Å². The smallest absolute Gasteiger partial charge is 0.475 e. The summed E-state index contributed by atoms with van der Waals surface area (Å²) in [5, 5.41) is 42.6. The van der Waals surface area contributed by atoms with E-state index in [0.717, 1.165) is 17.2 Å². The fourth-order valence-corrected chi connectivity index (χ4v) is 16.2. The van der Waals surface area contributed by atoms with Crippen molar-refractivity contribution in [3.63, 3.8) is 0 Å². The predicted octanol–water partition coefficient (Wildman–Crippen LogP) is 5.00. The summed E-state index contributed by atoms with van der Waals surface area (Å²) in [4.78, 5) is 138. The Morgan fingerprint density at radius 3 is 1.50 bits per heavy atom. The van der Waals surface area contributed by atoms with Crippen molar-refractivity contribution in [3.8, 4) is 0 Å². The van der Waals surface area contributed by atoms with Gasteiger partial charge in [0.05, 0.1) is 97.3 Å². The fraction of sp³-hybridized carbons (Fsp3) is 0.776. The van der Waals surface area contributed by atoms with E-state index in [1.54, 1.807) is 54.6 Å². The van der Waals surface area contributed by atoms with Gasteiger partial charge in [-0.3, -0.25) is 43.3 Å². The van der Waals surface area contributed by atoms with Crippen molar-refractivity contribution in [2.45, 2.75) is 252 Å². The van der Waals surface area contributed by atoms with Crippen molar-refractivity contribution in [1.29, 1.82) is 0 Å². The molecule has 0 spiro atoms. The third-order valence-corrected chi connectivity index (χ3v) is 22.3. The first-order valence-corrected chi connectivity index (χ1v) is 37.6. The fourth-order valence-electron chi connectivity index (χ4n) is 16.2. The topological polar surface area (TPSA) is 319 Å². The van der Waals surface area contributed by atoms with Gasteiger partial charge >= 0.3 is 13.1 Å². The van der Waals surface area contributed by atoms with E-state index in [4.69, 9.17) is 18.9 Å². The highest BCUT2D eigenvalue weighted by atomic mass is 16.5. The normalized spacial score (nSPS) is 21.7. The minimum Gasteiger partial charge on any atom is -0.478 e. The van der Waals surface area contributed by atoms with E-state index in [2.05, 4.69) is 21.3 Å². The van der Waals surface area contributed by atoms with Crippen LogP contribution in [0, 0.1) is 47.3 Å². The Kier molecular flexibility index (Phi) is 36.2. The van der Waals surface area contributed by atoms with Gasteiger partial charge in [0, 0.05) is 74.2 Å². The van der Waals surface area contributed by atoms with E-state index in [0.29, 0.717) is 58.0 Å². The van der Waals surface area contributed by atoms with Crippen LogP contribution in [0.4, 0.5) is 0 Å². The number of nitrogens with one attached hydrogen (secondary N) is 4. The molecule has 8 amide bonds. The molecule has 4 rings (SSSR count). The summed E-state index contributed by atoms with van der Waals surface area (Å²) in [6.45, 7) is 27.7. The second kappa shape index (κ2) is 41.7. The number of carbonyl (C=O) groups is 9. The molecule has 1 aromatic rings. The van der Waals surface area contributed by atoms with Crippen LogP contribution in [0.3, 0.4) is 0 Å². The first kappa shape index (κ1) is 89.3. The molecule has 26 nitrogen and oxygen atoms in total. The van der Waals surface area contributed by atoms with E-state index >= 15 is 4.79 Å². The molecule has 1 aromatic carbocycles. The number of likely N-dealkylation sites (tertiary alicyclic amines) is 3. The van der Waals surface area contributed by atoms with Crippen LogP contribution in [-0.2, 0) is 68.5 Å². The molecular weight excluding hydrogens is 1320 g/mol. The van der Waals surface area contributed by atoms with Crippen LogP contribution < -0.4 is 21.3 Å².